The zero-order valence-electron chi connectivity index (χ0n) is 21.4. The Morgan fingerprint density at radius 1 is 0.973 bits per heavy atom. The van der Waals surface area contributed by atoms with Crippen LogP contribution >= 0.6 is 0 Å². The van der Waals surface area contributed by atoms with Crippen LogP contribution in [0.3, 0.4) is 0 Å². The lowest BCUT2D eigenvalue weighted by Gasteiger charge is -2.41. The van der Waals surface area contributed by atoms with Gasteiger partial charge in [0.05, 0.1) is 19.3 Å². The Labute approximate surface area is 218 Å². The molecule has 9 atom stereocenters. The van der Waals surface area contributed by atoms with Gasteiger partial charge in [-0.15, -0.1) is 12.3 Å². The van der Waals surface area contributed by atoms with E-state index in [1.165, 1.54) is 6.92 Å². The van der Waals surface area contributed by atoms with E-state index < -0.39 is 74.5 Å². The van der Waals surface area contributed by atoms with Crippen molar-refractivity contribution in [3.63, 3.8) is 0 Å². The highest BCUT2D eigenvalue weighted by atomic mass is 16.8. The standard InChI is InChI=1S/C25H44O12/c1-3-4-5-6-7-8-9-10-11-12-20(30)34-15-19(16(2)28)36-24(17(29)13-26)37-25-23(33)22(32)21(31)18(14-27)35-25/h1,16-19,21-29,31-33H,4-15H2,2H3/t16-,17-,18?,19?,21?,22?,23?,24?,25?/m0/s1. The summed E-state index contributed by atoms with van der Waals surface area (Å²) in [5.41, 5.74) is 0. The van der Waals surface area contributed by atoms with Crippen molar-refractivity contribution in [3.8, 4) is 12.3 Å². The lowest BCUT2D eigenvalue weighted by atomic mass is 9.99. The van der Waals surface area contributed by atoms with E-state index in [1.54, 1.807) is 0 Å². The minimum absolute atomic E-state index is 0.188. The molecule has 0 bridgehead atoms. The quantitative estimate of drug-likeness (QED) is 0.0458. The molecule has 0 aromatic rings. The number of rotatable bonds is 19. The summed E-state index contributed by atoms with van der Waals surface area (Å²) >= 11 is 0. The first-order valence-electron chi connectivity index (χ1n) is 12.8. The van der Waals surface area contributed by atoms with Crippen LogP contribution in [0.15, 0.2) is 0 Å². The van der Waals surface area contributed by atoms with Gasteiger partial charge in [-0.05, 0) is 19.8 Å². The second kappa shape index (κ2) is 18.8. The molecule has 0 aromatic carbocycles. The Hall–Kier alpha value is -1.37. The average molecular weight is 537 g/mol. The van der Waals surface area contributed by atoms with E-state index >= 15 is 0 Å². The van der Waals surface area contributed by atoms with Crippen molar-refractivity contribution >= 4 is 5.97 Å². The summed E-state index contributed by atoms with van der Waals surface area (Å²) < 4.78 is 21.3. The van der Waals surface area contributed by atoms with Crippen molar-refractivity contribution in [3.05, 3.63) is 0 Å². The van der Waals surface area contributed by atoms with Crippen molar-refractivity contribution in [2.45, 2.75) is 120 Å². The predicted octanol–water partition coefficient (Wildman–Crippen LogP) is -1.06. The Morgan fingerprint density at radius 3 is 2.16 bits per heavy atom. The number of unbranched alkanes of at least 4 members (excludes halogenated alkanes) is 7. The van der Waals surface area contributed by atoms with Gasteiger partial charge in [0.25, 0.3) is 0 Å². The molecule has 37 heavy (non-hydrogen) atoms. The maximum atomic E-state index is 12.1. The van der Waals surface area contributed by atoms with Crippen molar-refractivity contribution in [2.75, 3.05) is 19.8 Å². The molecule has 7 unspecified atom stereocenters. The van der Waals surface area contributed by atoms with E-state index in [2.05, 4.69) is 5.92 Å². The topological polar surface area (TPSA) is 196 Å². The van der Waals surface area contributed by atoms with Gasteiger partial charge in [-0.3, -0.25) is 4.79 Å². The Morgan fingerprint density at radius 2 is 1.59 bits per heavy atom. The summed E-state index contributed by atoms with van der Waals surface area (Å²) in [5, 5.41) is 68.9. The SMILES string of the molecule is C#CCCCCCCCCCC(=O)OCC(OC(OC1OC(CO)C(O)C(O)C1O)[C@@H](O)CO)[C@H](C)O. The smallest absolute Gasteiger partial charge is 0.305 e. The highest BCUT2D eigenvalue weighted by molar-refractivity contribution is 5.69. The first kappa shape index (κ1) is 33.7. The number of ether oxygens (including phenoxy) is 4. The summed E-state index contributed by atoms with van der Waals surface area (Å²) in [5.74, 6) is 2.13. The predicted molar refractivity (Wildman–Crippen MR) is 130 cm³/mol. The van der Waals surface area contributed by atoms with E-state index in [0.717, 1.165) is 44.9 Å². The van der Waals surface area contributed by atoms with Gasteiger partial charge < -0.3 is 54.7 Å². The molecule has 216 valence electrons. The Balaban J connectivity index is 2.54. The van der Waals surface area contributed by atoms with Crippen LogP contribution in [-0.4, -0.2) is 117 Å². The van der Waals surface area contributed by atoms with Crippen molar-refractivity contribution in [1.29, 1.82) is 0 Å². The van der Waals surface area contributed by atoms with Gasteiger partial charge in [0, 0.05) is 12.8 Å². The van der Waals surface area contributed by atoms with Gasteiger partial charge in [0.1, 0.15) is 43.2 Å². The molecular formula is C25H44O12. The molecule has 7 N–H and O–H groups in total. The molecule has 1 saturated heterocycles. The number of carbonyl (C=O) groups is 1. The molecular weight excluding hydrogens is 492 g/mol. The molecule has 0 aliphatic carbocycles. The fourth-order valence-corrected chi connectivity index (χ4v) is 3.70. The highest BCUT2D eigenvalue weighted by Gasteiger charge is 2.46. The van der Waals surface area contributed by atoms with E-state index in [1.807, 2.05) is 0 Å². The third-order valence-electron chi connectivity index (χ3n) is 6.08. The summed E-state index contributed by atoms with van der Waals surface area (Å²) in [6, 6.07) is 0. The largest absolute Gasteiger partial charge is 0.463 e. The molecule has 1 fully saturated rings. The maximum absolute atomic E-state index is 12.1. The van der Waals surface area contributed by atoms with Crippen LogP contribution in [0.2, 0.25) is 0 Å². The number of terminal acetylenes is 1. The van der Waals surface area contributed by atoms with Crippen LogP contribution in [0, 0.1) is 12.3 Å². The molecule has 1 aliphatic heterocycles. The zero-order chi connectivity index (χ0) is 27.8. The molecule has 0 aromatic heterocycles. The lowest BCUT2D eigenvalue weighted by molar-refractivity contribution is -0.357. The number of carbonyl (C=O) groups excluding carboxylic acids is 1. The van der Waals surface area contributed by atoms with E-state index in [-0.39, 0.29) is 13.0 Å². The van der Waals surface area contributed by atoms with Crippen LogP contribution < -0.4 is 0 Å². The number of hydrogen-bond acceptors (Lipinski definition) is 12. The summed E-state index contributed by atoms with van der Waals surface area (Å²) in [4.78, 5) is 12.1. The average Bonchev–Trinajstić information content (AvgIpc) is 2.88. The maximum Gasteiger partial charge on any atom is 0.305 e. The molecule has 0 radical (unpaired) electrons. The number of aliphatic hydroxyl groups excluding tert-OH is 7. The van der Waals surface area contributed by atoms with Crippen molar-refractivity contribution in [2.24, 2.45) is 0 Å². The monoisotopic (exact) mass is 536 g/mol. The minimum atomic E-state index is -1.78. The molecule has 0 spiro atoms. The van der Waals surface area contributed by atoms with Gasteiger partial charge in [0.2, 0.25) is 0 Å². The molecule has 1 rings (SSSR count). The molecule has 1 aliphatic rings. The summed E-state index contributed by atoms with van der Waals surface area (Å²) in [7, 11) is 0. The molecule has 0 amide bonds. The third kappa shape index (κ3) is 12.4. The highest BCUT2D eigenvalue weighted by Crippen LogP contribution is 2.24. The van der Waals surface area contributed by atoms with Gasteiger partial charge in [-0.25, -0.2) is 0 Å². The second-order valence-corrected chi connectivity index (χ2v) is 9.23. The Bertz CT molecular complexity index is 652. The molecule has 12 nitrogen and oxygen atoms in total. The number of aliphatic hydroxyl groups is 7. The van der Waals surface area contributed by atoms with Gasteiger partial charge >= 0.3 is 5.97 Å². The van der Waals surface area contributed by atoms with Crippen LogP contribution in [0.5, 0.6) is 0 Å². The third-order valence-corrected chi connectivity index (χ3v) is 6.08. The van der Waals surface area contributed by atoms with Crippen LogP contribution in [0.25, 0.3) is 0 Å². The molecule has 1 heterocycles. The van der Waals surface area contributed by atoms with Gasteiger partial charge in [-0.2, -0.15) is 0 Å². The van der Waals surface area contributed by atoms with E-state index in [0.29, 0.717) is 6.42 Å². The normalized spacial score (nSPS) is 27.2. The summed E-state index contributed by atoms with van der Waals surface area (Å²) in [6.07, 6.45) is -0.756. The van der Waals surface area contributed by atoms with Crippen LogP contribution in [0.1, 0.15) is 64.7 Å². The lowest BCUT2D eigenvalue weighted by Crippen LogP contribution is -2.60. The molecule has 12 heteroatoms. The number of hydrogen-bond donors (Lipinski definition) is 7. The van der Waals surface area contributed by atoms with Crippen LogP contribution in [0.4, 0.5) is 0 Å². The van der Waals surface area contributed by atoms with E-state index in [4.69, 9.17) is 25.4 Å². The minimum Gasteiger partial charge on any atom is -0.463 e. The van der Waals surface area contributed by atoms with E-state index in [9.17, 15) is 40.5 Å². The Kier molecular flexibility index (Phi) is 17.1. The van der Waals surface area contributed by atoms with Gasteiger partial charge in [0.15, 0.2) is 12.6 Å². The first-order valence-corrected chi connectivity index (χ1v) is 12.8. The second-order valence-electron chi connectivity index (χ2n) is 9.23. The van der Waals surface area contributed by atoms with Crippen LogP contribution in [-0.2, 0) is 23.7 Å². The zero-order valence-corrected chi connectivity index (χ0v) is 21.4. The molecule has 0 saturated carbocycles. The fourth-order valence-electron chi connectivity index (χ4n) is 3.70. The van der Waals surface area contributed by atoms with Crippen molar-refractivity contribution in [1.82, 2.24) is 0 Å². The van der Waals surface area contributed by atoms with Crippen molar-refractivity contribution < 1.29 is 59.5 Å². The fraction of sp³-hybridized carbons (Fsp3) is 0.880. The number of esters is 1. The van der Waals surface area contributed by atoms with Gasteiger partial charge in [-0.1, -0.05) is 32.1 Å². The summed E-state index contributed by atoms with van der Waals surface area (Å²) in [6.45, 7) is -0.549. The first-order chi connectivity index (χ1) is 17.7.